The molecule has 1 radical (unpaired) electrons. The van der Waals surface area contributed by atoms with Crippen molar-refractivity contribution in [3.63, 3.8) is 0 Å². The van der Waals surface area contributed by atoms with Crippen LogP contribution in [0.15, 0.2) is 22.1 Å². The second-order valence-electron chi connectivity index (χ2n) is 6.75. The molecule has 0 aliphatic heterocycles. The van der Waals surface area contributed by atoms with E-state index in [0.29, 0.717) is 19.6 Å². The molecule has 3 nitrogen and oxygen atoms in total. The first-order valence-electron chi connectivity index (χ1n) is 8.19. The molecule has 1 rings (SSSR count). The fourth-order valence-electron chi connectivity index (χ4n) is 2.57. The third-order valence-electron chi connectivity index (χ3n) is 3.62. The Morgan fingerprint density at radius 3 is 2.19 bits per heavy atom. The molecule has 0 aromatic carbocycles. The van der Waals surface area contributed by atoms with Gasteiger partial charge >= 0.3 is 132 Å². The Bertz CT molecular complexity index is 372. The first kappa shape index (κ1) is 19.0. The minimum atomic E-state index is -1.83. The van der Waals surface area contributed by atoms with Gasteiger partial charge in [0, 0.05) is 0 Å². The minimum absolute atomic E-state index is 0.409. The number of ether oxygens (including phenoxy) is 2. The average Bonchev–Trinajstić information content (AvgIpc) is 2.89. The number of allylic oxidation sites excluding steroid dienone is 4. The van der Waals surface area contributed by atoms with Gasteiger partial charge in [0.15, 0.2) is 0 Å². The van der Waals surface area contributed by atoms with Crippen LogP contribution in [0, 0.1) is 0 Å². The van der Waals surface area contributed by atoms with Crippen molar-refractivity contribution in [2.45, 2.75) is 69.2 Å². The van der Waals surface area contributed by atoms with Gasteiger partial charge in [0.05, 0.1) is 0 Å². The summed E-state index contributed by atoms with van der Waals surface area (Å²) in [5.41, 5.74) is 1.43. The zero-order chi connectivity index (χ0) is 15.9. The van der Waals surface area contributed by atoms with Crippen LogP contribution in [0.4, 0.5) is 0 Å². The van der Waals surface area contributed by atoms with E-state index in [2.05, 4.69) is 29.4 Å². The van der Waals surface area contributed by atoms with Crippen LogP contribution in [0.5, 0.6) is 0 Å². The van der Waals surface area contributed by atoms with Crippen molar-refractivity contribution in [2.75, 3.05) is 13.2 Å². The van der Waals surface area contributed by atoms with Crippen molar-refractivity contribution in [1.29, 1.82) is 0 Å². The molecule has 0 spiro atoms. The standard InChI is InChI=1S/C17H31GeO3/c1-6-13-20-17(19,21-14-7-2)12-11-15-9-8-10-16(15)18(3,4)5/h8,10H,6-7,9,11-14H2,1-5H3. The Balaban J connectivity index is 2.68. The van der Waals surface area contributed by atoms with Crippen LogP contribution < -0.4 is 0 Å². The molecule has 0 atom stereocenters. The van der Waals surface area contributed by atoms with Gasteiger partial charge in [-0.2, -0.15) is 0 Å². The van der Waals surface area contributed by atoms with Gasteiger partial charge in [-0.3, -0.25) is 0 Å². The Kier molecular flexibility index (Phi) is 7.68. The molecule has 121 valence electrons. The normalized spacial score (nSPS) is 16.1. The number of rotatable bonds is 10. The summed E-state index contributed by atoms with van der Waals surface area (Å²) in [7, 11) is 0. The van der Waals surface area contributed by atoms with E-state index in [1.54, 1.807) is 4.41 Å². The summed E-state index contributed by atoms with van der Waals surface area (Å²) in [5.74, 6) is 5.53. The maximum absolute atomic E-state index is 12.7. The molecule has 0 amide bonds. The molecule has 0 heterocycles. The molecule has 0 fully saturated rings. The van der Waals surface area contributed by atoms with Gasteiger partial charge in [0.1, 0.15) is 0 Å². The summed E-state index contributed by atoms with van der Waals surface area (Å²) < 4.78 is 12.5. The predicted octanol–water partition coefficient (Wildman–Crippen LogP) is 4.84. The summed E-state index contributed by atoms with van der Waals surface area (Å²) in [6.45, 7) is 4.95. The van der Waals surface area contributed by atoms with Crippen LogP contribution in [-0.4, -0.2) is 32.5 Å². The molecule has 21 heavy (non-hydrogen) atoms. The monoisotopic (exact) mass is 357 g/mol. The van der Waals surface area contributed by atoms with E-state index in [1.165, 1.54) is 5.57 Å². The van der Waals surface area contributed by atoms with Gasteiger partial charge in [0.2, 0.25) is 0 Å². The quantitative estimate of drug-likeness (QED) is 0.415. The maximum atomic E-state index is 12.7. The first-order chi connectivity index (χ1) is 9.82. The molecule has 1 aliphatic carbocycles. The zero-order valence-corrected chi connectivity index (χ0v) is 16.4. The third-order valence-corrected chi connectivity index (χ3v) is 8.10. The molecule has 4 heteroatoms. The van der Waals surface area contributed by atoms with Gasteiger partial charge in [-0.25, -0.2) is 0 Å². The second kappa shape index (κ2) is 8.51. The Morgan fingerprint density at radius 2 is 1.71 bits per heavy atom. The molecule has 0 bridgehead atoms. The van der Waals surface area contributed by atoms with Crippen LogP contribution in [0.3, 0.4) is 0 Å². The summed E-state index contributed by atoms with van der Waals surface area (Å²) in [4.78, 5) is 0. The van der Waals surface area contributed by atoms with Gasteiger partial charge in [-0.05, 0) is 0 Å². The van der Waals surface area contributed by atoms with Crippen molar-refractivity contribution in [1.82, 2.24) is 0 Å². The van der Waals surface area contributed by atoms with E-state index in [0.717, 1.165) is 25.7 Å². The summed E-state index contributed by atoms with van der Waals surface area (Å²) in [5, 5.41) is 12.7. The van der Waals surface area contributed by atoms with Crippen molar-refractivity contribution in [3.8, 4) is 0 Å². The Morgan fingerprint density at radius 1 is 1.14 bits per heavy atom. The second-order valence-corrected chi connectivity index (χ2v) is 17.3. The van der Waals surface area contributed by atoms with Gasteiger partial charge < -0.3 is 0 Å². The summed E-state index contributed by atoms with van der Waals surface area (Å²) in [6.07, 6.45) is 8.39. The molecular formula is C17H31GeO3. The molecule has 0 aromatic heterocycles. The SMILES string of the molecule is CCCOC([O])(CCC1=[C]([Ge]([CH3])([CH3])[CH3])C=CC1)OCCC. The molecule has 0 saturated carbocycles. The van der Waals surface area contributed by atoms with E-state index in [4.69, 9.17) is 9.47 Å². The topological polar surface area (TPSA) is 38.4 Å². The Hall–Kier alpha value is -0.0971. The average molecular weight is 356 g/mol. The summed E-state index contributed by atoms with van der Waals surface area (Å²) in [6, 6.07) is 0. The molecule has 0 aromatic rings. The van der Waals surface area contributed by atoms with Gasteiger partial charge in [-0.1, -0.05) is 0 Å². The zero-order valence-electron chi connectivity index (χ0n) is 14.3. The van der Waals surface area contributed by atoms with Crippen molar-refractivity contribution >= 4 is 13.3 Å². The van der Waals surface area contributed by atoms with Crippen LogP contribution >= 0.6 is 0 Å². The Labute approximate surface area is 132 Å². The number of hydrogen-bond acceptors (Lipinski definition) is 2. The molecule has 0 unspecified atom stereocenters. The fourth-order valence-corrected chi connectivity index (χ4v) is 6.57. The van der Waals surface area contributed by atoms with Crippen molar-refractivity contribution < 1.29 is 14.6 Å². The van der Waals surface area contributed by atoms with Gasteiger partial charge in [-0.15, -0.1) is 0 Å². The molecule has 1 aliphatic rings. The molecule has 0 saturated heterocycles. The fraction of sp³-hybridized carbons (Fsp3) is 0.765. The van der Waals surface area contributed by atoms with E-state index >= 15 is 0 Å². The van der Waals surface area contributed by atoms with E-state index in [1.807, 2.05) is 13.8 Å². The molecule has 0 N–H and O–H groups in total. The first-order valence-corrected chi connectivity index (χ1v) is 15.5. The van der Waals surface area contributed by atoms with E-state index in [9.17, 15) is 5.11 Å². The predicted molar refractivity (Wildman–Crippen MR) is 89.3 cm³/mol. The summed E-state index contributed by atoms with van der Waals surface area (Å²) >= 11 is -1.83. The van der Waals surface area contributed by atoms with E-state index in [-0.39, 0.29) is 0 Å². The molecular weight excluding hydrogens is 325 g/mol. The van der Waals surface area contributed by atoms with Gasteiger partial charge in [0.25, 0.3) is 0 Å². The van der Waals surface area contributed by atoms with Crippen molar-refractivity contribution in [2.24, 2.45) is 0 Å². The van der Waals surface area contributed by atoms with Crippen LogP contribution in [0.1, 0.15) is 46.0 Å². The van der Waals surface area contributed by atoms with Crippen LogP contribution in [0.25, 0.3) is 0 Å². The van der Waals surface area contributed by atoms with Crippen LogP contribution in [-0.2, 0) is 14.6 Å². The van der Waals surface area contributed by atoms with Crippen molar-refractivity contribution in [3.05, 3.63) is 22.1 Å². The number of hydrogen-bond donors (Lipinski definition) is 0. The third kappa shape index (κ3) is 6.27. The van der Waals surface area contributed by atoms with Crippen LogP contribution in [0.2, 0.25) is 17.3 Å². The van der Waals surface area contributed by atoms with E-state index < -0.39 is 19.2 Å².